The average molecular weight is 412 g/mol. The summed E-state index contributed by atoms with van der Waals surface area (Å²) < 4.78 is 6.08. The lowest BCUT2D eigenvalue weighted by atomic mass is 10.1. The van der Waals surface area contributed by atoms with Crippen LogP contribution >= 0.6 is 22.9 Å². The lowest BCUT2D eigenvalue weighted by Gasteiger charge is -2.13. The van der Waals surface area contributed by atoms with Crippen LogP contribution in [0.25, 0.3) is 21.0 Å². The minimum absolute atomic E-state index is 0.172. The maximum absolute atomic E-state index is 12.7. The number of halogens is 1. The quantitative estimate of drug-likeness (QED) is 0.427. The van der Waals surface area contributed by atoms with Crippen LogP contribution in [0.5, 0.6) is 0 Å². The van der Waals surface area contributed by atoms with Gasteiger partial charge >= 0.3 is 0 Å². The largest absolute Gasteiger partial charge is 0.383 e. The number of pyridine rings is 1. The Morgan fingerprint density at radius 2 is 2.00 bits per heavy atom. The van der Waals surface area contributed by atoms with E-state index in [4.69, 9.17) is 21.3 Å². The van der Waals surface area contributed by atoms with Crippen molar-refractivity contribution < 1.29 is 9.53 Å². The van der Waals surface area contributed by atoms with Crippen LogP contribution in [0.1, 0.15) is 10.4 Å². The molecule has 0 saturated heterocycles. The molecule has 0 aliphatic rings. The predicted molar refractivity (Wildman–Crippen MR) is 116 cm³/mol. The zero-order chi connectivity index (χ0) is 19.5. The minimum atomic E-state index is -0.172. The van der Waals surface area contributed by atoms with Gasteiger partial charge in [0, 0.05) is 29.1 Å². The summed E-state index contributed by atoms with van der Waals surface area (Å²) in [5.74, 6) is 0.503. The number of hydrogen-bond donors (Lipinski definition) is 2. The molecule has 0 fully saturated rings. The first-order valence-electron chi connectivity index (χ1n) is 8.77. The van der Waals surface area contributed by atoms with Crippen molar-refractivity contribution >= 4 is 61.3 Å². The highest BCUT2D eigenvalue weighted by Crippen LogP contribution is 2.36. The summed E-state index contributed by atoms with van der Waals surface area (Å²) in [6.07, 6.45) is 0. The van der Waals surface area contributed by atoms with Crippen molar-refractivity contribution in [3.63, 3.8) is 0 Å². The maximum atomic E-state index is 12.7. The van der Waals surface area contributed by atoms with Gasteiger partial charge in [0.2, 0.25) is 0 Å². The molecule has 2 N–H and O–H groups in total. The van der Waals surface area contributed by atoms with Gasteiger partial charge < -0.3 is 15.4 Å². The summed E-state index contributed by atoms with van der Waals surface area (Å²) in [6.45, 7) is 0.899. The number of nitrogens with one attached hydrogen (secondary N) is 2. The molecular formula is C21H18ClN3O2S. The predicted octanol–water partition coefficient (Wildman–Crippen LogP) is 5.22. The molecule has 0 unspecified atom stereocenters. The SMILES string of the molecule is COCCNC(=O)c1cccc2c1nc(Nc1ccccc1Cl)c1ccsc12. The Bertz CT molecular complexity index is 1160. The standard InChI is InChI=1S/C21H18ClN3O2S/c1-27-11-10-23-21(26)14-6-4-5-13-18(14)25-20(15-9-12-28-19(13)15)24-17-8-3-2-7-16(17)22/h2-9,12H,10-11H2,1H3,(H,23,26)(H,24,25). The summed E-state index contributed by atoms with van der Waals surface area (Å²) in [5, 5.41) is 10.8. The number of benzene rings is 2. The fourth-order valence-corrected chi connectivity index (χ4v) is 4.16. The van der Waals surface area contributed by atoms with E-state index in [2.05, 4.69) is 10.6 Å². The van der Waals surface area contributed by atoms with Gasteiger partial charge in [-0.05, 0) is 29.6 Å². The van der Waals surface area contributed by atoms with Gasteiger partial charge in [-0.3, -0.25) is 4.79 Å². The molecule has 7 heteroatoms. The summed E-state index contributed by atoms with van der Waals surface area (Å²) in [5.41, 5.74) is 1.96. The molecule has 28 heavy (non-hydrogen) atoms. The van der Waals surface area contributed by atoms with Gasteiger partial charge in [0.15, 0.2) is 0 Å². The van der Waals surface area contributed by atoms with E-state index in [-0.39, 0.29) is 5.91 Å². The molecule has 0 aliphatic heterocycles. The van der Waals surface area contributed by atoms with Crippen molar-refractivity contribution in [3.8, 4) is 0 Å². The number of para-hydroxylation sites is 2. The molecule has 1 amide bonds. The molecule has 2 aromatic heterocycles. The van der Waals surface area contributed by atoms with Gasteiger partial charge in [-0.2, -0.15) is 0 Å². The molecule has 4 rings (SSSR count). The lowest BCUT2D eigenvalue weighted by Crippen LogP contribution is -2.27. The zero-order valence-electron chi connectivity index (χ0n) is 15.2. The molecular weight excluding hydrogens is 394 g/mol. The van der Waals surface area contributed by atoms with Crippen molar-refractivity contribution in [2.24, 2.45) is 0 Å². The van der Waals surface area contributed by atoms with Crippen LogP contribution in [-0.2, 0) is 4.74 Å². The Labute approximate surface area is 171 Å². The van der Waals surface area contributed by atoms with E-state index in [1.54, 1.807) is 24.5 Å². The minimum Gasteiger partial charge on any atom is -0.383 e. The second-order valence-corrected chi connectivity index (χ2v) is 7.50. The van der Waals surface area contributed by atoms with E-state index in [9.17, 15) is 4.79 Å². The molecule has 0 bridgehead atoms. The highest BCUT2D eigenvalue weighted by molar-refractivity contribution is 7.18. The molecule has 4 aromatic rings. The molecule has 0 aliphatic carbocycles. The van der Waals surface area contributed by atoms with Crippen molar-refractivity contribution in [1.82, 2.24) is 10.3 Å². The van der Waals surface area contributed by atoms with E-state index >= 15 is 0 Å². The van der Waals surface area contributed by atoms with Gasteiger partial charge in [-0.25, -0.2) is 4.98 Å². The van der Waals surface area contributed by atoms with E-state index in [0.29, 0.717) is 35.1 Å². The number of ether oxygens (including phenoxy) is 1. The van der Waals surface area contributed by atoms with Crippen LogP contribution in [0, 0.1) is 0 Å². The number of aromatic nitrogens is 1. The van der Waals surface area contributed by atoms with Gasteiger partial charge in [0.1, 0.15) is 5.82 Å². The van der Waals surface area contributed by atoms with Gasteiger partial charge in [-0.1, -0.05) is 35.9 Å². The third-order valence-electron chi connectivity index (χ3n) is 4.39. The number of fused-ring (bicyclic) bond motifs is 3. The Hall–Kier alpha value is -2.67. The van der Waals surface area contributed by atoms with Crippen LogP contribution in [0.15, 0.2) is 53.9 Å². The molecule has 0 radical (unpaired) electrons. The molecule has 0 spiro atoms. The number of anilines is 2. The highest BCUT2D eigenvalue weighted by atomic mass is 35.5. The topological polar surface area (TPSA) is 63.2 Å². The monoisotopic (exact) mass is 411 g/mol. The fraction of sp³-hybridized carbons (Fsp3) is 0.143. The third-order valence-corrected chi connectivity index (χ3v) is 5.67. The number of amides is 1. The van der Waals surface area contributed by atoms with Crippen molar-refractivity contribution in [2.45, 2.75) is 0 Å². The fourth-order valence-electron chi connectivity index (χ4n) is 3.05. The van der Waals surface area contributed by atoms with Crippen LogP contribution in [0.3, 0.4) is 0 Å². The molecule has 5 nitrogen and oxygen atoms in total. The smallest absolute Gasteiger partial charge is 0.253 e. The number of nitrogens with zero attached hydrogens (tertiary/aromatic N) is 1. The second-order valence-electron chi connectivity index (χ2n) is 6.18. The highest BCUT2D eigenvalue weighted by Gasteiger charge is 2.16. The molecule has 0 atom stereocenters. The van der Waals surface area contributed by atoms with E-state index < -0.39 is 0 Å². The van der Waals surface area contributed by atoms with Crippen molar-refractivity contribution in [3.05, 3.63) is 64.5 Å². The Balaban J connectivity index is 1.83. The number of rotatable bonds is 6. The van der Waals surface area contributed by atoms with E-state index in [1.165, 1.54) is 0 Å². The average Bonchev–Trinajstić information content (AvgIpc) is 3.20. The molecule has 0 saturated carbocycles. The third kappa shape index (κ3) is 3.54. The second kappa shape index (κ2) is 8.14. The lowest BCUT2D eigenvalue weighted by molar-refractivity contribution is 0.0938. The number of carbonyl (C=O) groups is 1. The number of hydrogen-bond acceptors (Lipinski definition) is 5. The summed E-state index contributed by atoms with van der Waals surface area (Å²) in [4.78, 5) is 17.5. The van der Waals surface area contributed by atoms with Crippen LogP contribution in [0.4, 0.5) is 11.5 Å². The number of thiophene rings is 1. The number of carbonyl (C=O) groups excluding carboxylic acids is 1. The van der Waals surface area contributed by atoms with Crippen LogP contribution in [-0.4, -0.2) is 31.2 Å². The van der Waals surface area contributed by atoms with Gasteiger partial charge in [0.05, 0.1) is 28.4 Å². The first kappa shape index (κ1) is 18.7. The first-order chi connectivity index (χ1) is 13.7. The zero-order valence-corrected chi connectivity index (χ0v) is 16.7. The molecule has 2 aromatic carbocycles. The Morgan fingerprint density at radius 3 is 2.82 bits per heavy atom. The summed E-state index contributed by atoms with van der Waals surface area (Å²) in [6, 6.07) is 15.2. The normalized spacial score (nSPS) is 11.1. The Kier molecular flexibility index (Phi) is 5.43. The van der Waals surface area contributed by atoms with Gasteiger partial charge in [0.25, 0.3) is 5.91 Å². The molecule has 2 heterocycles. The Morgan fingerprint density at radius 1 is 1.14 bits per heavy atom. The van der Waals surface area contributed by atoms with Gasteiger partial charge in [-0.15, -0.1) is 11.3 Å². The first-order valence-corrected chi connectivity index (χ1v) is 10.0. The summed E-state index contributed by atoms with van der Waals surface area (Å²) in [7, 11) is 1.60. The van der Waals surface area contributed by atoms with Crippen LogP contribution < -0.4 is 10.6 Å². The molecule has 142 valence electrons. The van der Waals surface area contributed by atoms with E-state index in [1.807, 2.05) is 47.8 Å². The van der Waals surface area contributed by atoms with Crippen molar-refractivity contribution in [2.75, 3.05) is 25.6 Å². The number of methoxy groups -OCH3 is 1. The van der Waals surface area contributed by atoms with Crippen molar-refractivity contribution in [1.29, 1.82) is 0 Å². The maximum Gasteiger partial charge on any atom is 0.253 e. The summed E-state index contributed by atoms with van der Waals surface area (Å²) >= 11 is 7.93. The van der Waals surface area contributed by atoms with E-state index in [0.717, 1.165) is 21.2 Å². The van der Waals surface area contributed by atoms with Crippen LogP contribution in [0.2, 0.25) is 5.02 Å².